The maximum atomic E-state index is 13.4. The molecule has 1 aliphatic rings. The molecule has 0 aliphatic carbocycles. The Hall–Kier alpha value is -4.48. The van der Waals surface area contributed by atoms with E-state index in [1.807, 2.05) is 19.1 Å². The second kappa shape index (κ2) is 13.9. The number of amidine groups is 1. The molecular formula is C27H27F3N6O6S2. The number of pyridine rings is 1. The Kier molecular flexibility index (Phi) is 10.7. The van der Waals surface area contributed by atoms with Crippen LogP contribution >= 0.6 is 11.8 Å². The van der Waals surface area contributed by atoms with Gasteiger partial charge in [-0.15, -0.1) is 0 Å². The molecule has 0 fully saturated rings. The molecule has 2 heterocycles. The number of nitrogens with one attached hydrogen (secondary N) is 1. The van der Waals surface area contributed by atoms with Crippen LogP contribution in [0.5, 0.6) is 0 Å². The van der Waals surface area contributed by atoms with E-state index in [1.54, 1.807) is 54.2 Å². The maximum absolute atomic E-state index is 13.4. The Bertz CT molecular complexity index is 1680. The van der Waals surface area contributed by atoms with Crippen LogP contribution in [-0.4, -0.2) is 60.1 Å². The Labute approximate surface area is 254 Å². The molecule has 4 rings (SSSR count). The fourth-order valence-electron chi connectivity index (χ4n) is 3.85. The monoisotopic (exact) mass is 652 g/mol. The number of nitrogens with two attached hydrogens (primary N) is 3. The van der Waals surface area contributed by atoms with Crippen LogP contribution in [0.25, 0.3) is 11.1 Å². The topological polar surface area (TPSA) is 215 Å². The maximum Gasteiger partial charge on any atom is 0.430 e. The van der Waals surface area contributed by atoms with Crippen LogP contribution < -0.4 is 26.7 Å². The molecule has 1 atom stereocenters. The van der Waals surface area contributed by atoms with Crippen LogP contribution in [0.15, 0.2) is 76.9 Å². The van der Waals surface area contributed by atoms with Crippen molar-refractivity contribution in [3.63, 3.8) is 0 Å². The number of sulfonamides is 1. The van der Waals surface area contributed by atoms with Gasteiger partial charge in [0.2, 0.25) is 15.6 Å². The molecule has 0 saturated carbocycles. The van der Waals surface area contributed by atoms with Crippen molar-refractivity contribution in [2.24, 2.45) is 16.0 Å². The van der Waals surface area contributed by atoms with Gasteiger partial charge in [-0.05, 0) is 36.1 Å². The van der Waals surface area contributed by atoms with Crippen molar-refractivity contribution in [1.29, 1.82) is 0 Å². The number of primary sulfonamides is 1. The van der Waals surface area contributed by atoms with Crippen molar-refractivity contribution in [3.05, 3.63) is 78.0 Å². The third kappa shape index (κ3) is 8.55. The Morgan fingerprint density at radius 3 is 2.39 bits per heavy atom. The number of nitrogens with zero attached hydrogens (tertiary/aromatic N) is 2. The molecule has 0 saturated heterocycles. The number of thioether (sulfide) groups is 1. The van der Waals surface area contributed by atoms with Gasteiger partial charge in [-0.25, -0.2) is 18.5 Å². The highest BCUT2D eigenvalue weighted by Gasteiger charge is 2.47. The van der Waals surface area contributed by atoms with Crippen LogP contribution in [-0.2, 0) is 24.4 Å². The predicted molar refractivity (Wildman–Crippen MR) is 155 cm³/mol. The van der Waals surface area contributed by atoms with Gasteiger partial charge >= 0.3 is 6.18 Å². The fourth-order valence-corrected chi connectivity index (χ4v) is 5.43. The van der Waals surface area contributed by atoms with Crippen molar-refractivity contribution >= 4 is 51.0 Å². The van der Waals surface area contributed by atoms with Crippen molar-refractivity contribution < 1.29 is 46.5 Å². The van der Waals surface area contributed by atoms with Gasteiger partial charge in [-0.3, -0.25) is 15.9 Å². The van der Waals surface area contributed by atoms with Crippen molar-refractivity contribution in [2.45, 2.75) is 30.0 Å². The SMILES string of the molecule is CCSCC1(C(=O)Nc2ccc(-c3ccccc3S(N)(=O)=O)cn2)CC(c2cccc(C(N)=[NH2+])c2)=NO1.O=C([O-])C(F)(F)F. The summed E-state index contributed by atoms with van der Waals surface area (Å²) in [6, 6.07) is 16.9. The van der Waals surface area contributed by atoms with Crippen LogP contribution in [0.3, 0.4) is 0 Å². The lowest BCUT2D eigenvalue weighted by Crippen LogP contribution is -2.46. The summed E-state index contributed by atoms with van der Waals surface area (Å²) in [5.41, 5.74) is 7.49. The lowest BCUT2D eigenvalue weighted by molar-refractivity contribution is -0.344. The first kappa shape index (κ1) is 34.0. The number of alkyl halides is 3. The van der Waals surface area contributed by atoms with E-state index in [2.05, 4.69) is 15.5 Å². The molecule has 1 aromatic heterocycles. The second-order valence-electron chi connectivity index (χ2n) is 9.19. The lowest BCUT2D eigenvalue weighted by Gasteiger charge is -2.24. The third-order valence-corrected chi connectivity index (χ3v) is 8.05. The molecule has 1 unspecified atom stereocenters. The highest BCUT2D eigenvalue weighted by molar-refractivity contribution is 7.99. The highest BCUT2D eigenvalue weighted by Crippen LogP contribution is 2.32. The number of hydrogen-bond donors (Lipinski definition) is 4. The summed E-state index contributed by atoms with van der Waals surface area (Å²) in [6.07, 6.45) is -3.47. The molecule has 44 heavy (non-hydrogen) atoms. The zero-order valence-electron chi connectivity index (χ0n) is 23.0. The molecular weight excluding hydrogens is 625 g/mol. The number of aromatic nitrogens is 1. The number of aliphatic carboxylic acids is 1. The second-order valence-corrected chi connectivity index (χ2v) is 12.0. The van der Waals surface area contributed by atoms with Crippen LogP contribution in [0.4, 0.5) is 19.0 Å². The van der Waals surface area contributed by atoms with Gasteiger partial charge in [-0.2, -0.15) is 24.9 Å². The van der Waals surface area contributed by atoms with Gasteiger partial charge in [0, 0.05) is 35.1 Å². The van der Waals surface area contributed by atoms with Gasteiger partial charge in [0.15, 0.2) is 0 Å². The van der Waals surface area contributed by atoms with Gasteiger partial charge in [-0.1, -0.05) is 42.4 Å². The molecule has 0 radical (unpaired) electrons. The number of oxime groups is 1. The van der Waals surface area contributed by atoms with E-state index >= 15 is 0 Å². The quantitative estimate of drug-likeness (QED) is 0.186. The molecule has 234 valence electrons. The van der Waals surface area contributed by atoms with Gasteiger partial charge in [0.25, 0.3) is 11.7 Å². The summed E-state index contributed by atoms with van der Waals surface area (Å²) in [4.78, 5) is 32.3. The molecule has 7 N–H and O–H groups in total. The minimum atomic E-state index is -5.19. The Morgan fingerprint density at radius 2 is 1.82 bits per heavy atom. The minimum Gasteiger partial charge on any atom is -0.542 e. The predicted octanol–water partition coefficient (Wildman–Crippen LogP) is 0.414. The number of carbonyl (C=O) groups excluding carboxylic acids is 2. The smallest absolute Gasteiger partial charge is 0.430 e. The number of rotatable bonds is 9. The van der Waals surface area contributed by atoms with Crippen LogP contribution in [0.1, 0.15) is 24.5 Å². The largest absolute Gasteiger partial charge is 0.542 e. The molecule has 3 aromatic rings. The number of hydrogen-bond acceptors (Lipinski definition) is 9. The average Bonchev–Trinajstić information content (AvgIpc) is 3.42. The Balaban J connectivity index is 0.000000676. The zero-order chi connectivity index (χ0) is 32.7. The summed E-state index contributed by atoms with van der Waals surface area (Å²) >= 11 is 1.56. The molecule has 0 spiro atoms. The number of carbonyl (C=O) groups is 2. The van der Waals surface area contributed by atoms with Gasteiger partial charge in [0.1, 0.15) is 11.8 Å². The molecule has 1 aliphatic heterocycles. The summed E-state index contributed by atoms with van der Waals surface area (Å²) in [6.45, 7) is 2.00. The first-order valence-corrected chi connectivity index (χ1v) is 15.3. The summed E-state index contributed by atoms with van der Waals surface area (Å²) < 4.78 is 55.4. The van der Waals surface area contributed by atoms with Gasteiger partial charge < -0.3 is 20.1 Å². The third-order valence-electron chi connectivity index (χ3n) is 6.01. The summed E-state index contributed by atoms with van der Waals surface area (Å²) in [7, 11) is -3.92. The van der Waals surface area contributed by atoms with E-state index in [4.69, 9.17) is 31.0 Å². The number of anilines is 1. The number of carboxylic acids is 1. The highest BCUT2D eigenvalue weighted by atomic mass is 32.2. The standard InChI is InChI=1S/C25H26N6O4S2.C2HF3O2/c1-2-36-15-25(13-20(31-35-25)16-6-5-7-17(12-16)23(26)27)24(32)30-22-11-10-18(14-29-22)19-8-3-4-9-21(19)37(28,33)34;3-2(4,5)1(6)7/h3-12,14H,2,13,15H2,1H3,(H3,26,27)(H2,28,33,34)(H,29,30,32);(H,6,7). The van der Waals surface area contributed by atoms with E-state index in [0.29, 0.717) is 28.2 Å². The van der Waals surface area contributed by atoms with Crippen molar-refractivity contribution in [2.75, 3.05) is 16.8 Å². The lowest BCUT2D eigenvalue weighted by atomic mass is 9.94. The minimum absolute atomic E-state index is 0.00813. The summed E-state index contributed by atoms with van der Waals surface area (Å²) in [5, 5.41) is 26.9. The first-order valence-electron chi connectivity index (χ1n) is 12.6. The van der Waals surface area contributed by atoms with E-state index in [1.165, 1.54) is 12.3 Å². The molecule has 0 bridgehead atoms. The van der Waals surface area contributed by atoms with Gasteiger partial charge in [0.05, 0.1) is 16.2 Å². The summed E-state index contributed by atoms with van der Waals surface area (Å²) in [5.74, 6) is -1.75. The molecule has 17 heteroatoms. The van der Waals surface area contributed by atoms with E-state index < -0.39 is 33.7 Å². The van der Waals surface area contributed by atoms with Crippen molar-refractivity contribution in [3.8, 4) is 11.1 Å². The number of amides is 1. The average molecular weight is 653 g/mol. The molecule has 2 aromatic carbocycles. The number of carboxylic acid groups (broad SMARTS) is 1. The fraction of sp³-hybridized carbons (Fsp3) is 0.222. The Morgan fingerprint density at radius 1 is 1.14 bits per heavy atom. The van der Waals surface area contributed by atoms with Crippen molar-refractivity contribution in [1.82, 2.24) is 4.98 Å². The number of benzene rings is 2. The van der Waals surface area contributed by atoms with E-state index in [0.717, 1.165) is 11.3 Å². The van der Waals surface area contributed by atoms with Crippen LogP contribution in [0, 0.1) is 0 Å². The zero-order valence-corrected chi connectivity index (χ0v) is 24.6. The normalized spacial score (nSPS) is 16.2. The number of halogens is 3. The van der Waals surface area contributed by atoms with Crippen LogP contribution in [0.2, 0.25) is 0 Å². The molecule has 12 nitrogen and oxygen atoms in total. The van der Waals surface area contributed by atoms with E-state index in [-0.39, 0.29) is 23.0 Å². The molecule has 1 amide bonds. The first-order chi connectivity index (χ1) is 20.6. The van der Waals surface area contributed by atoms with E-state index in [9.17, 15) is 26.4 Å².